The van der Waals surface area contributed by atoms with Crippen LogP contribution in [0.15, 0.2) is 30.3 Å². The van der Waals surface area contributed by atoms with Gasteiger partial charge in [-0.3, -0.25) is 19.3 Å². The molecule has 1 aromatic rings. The van der Waals surface area contributed by atoms with Crippen molar-refractivity contribution in [2.24, 2.45) is 5.73 Å². The van der Waals surface area contributed by atoms with Crippen molar-refractivity contribution in [1.82, 2.24) is 10.2 Å². The summed E-state index contributed by atoms with van der Waals surface area (Å²) in [5.74, 6) is -0.714. The van der Waals surface area contributed by atoms with Crippen molar-refractivity contribution >= 4 is 17.7 Å². The number of nitrogens with zero attached hydrogens (tertiary/aromatic N) is 1. The molecule has 1 aliphatic heterocycles. The van der Waals surface area contributed by atoms with Gasteiger partial charge in [-0.2, -0.15) is 0 Å². The zero-order valence-corrected chi connectivity index (χ0v) is 12.0. The fraction of sp³-hybridized carbons (Fsp3) is 0.400. The average Bonchev–Trinajstić information content (AvgIpc) is 2.79. The van der Waals surface area contributed by atoms with E-state index in [0.29, 0.717) is 5.56 Å². The molecule has 1 aromatic carbocycles. The van der Waals surface area contributed by atoms with Crippen LogP contribution in [0, 0.1) is 0 Å². The quantitative estimate of drug-likeness (QED) is 0.753. The molecule has 1 unspecified atom stereocenters. The standard InChI is InChI=1S/C15H19N3O3/c1-15(16,11-5-3-2-4-6-11)14(21)17-9-10-18-12(19)7-8-13(18)20/h2-6H,7-10,16H2,1H3,(H,17,21). The van der Waals surface area contributed by atoms with Gasteiger partial charge in [0.1, 0.15) is 5.54 Å². The van der Waals surface area contributed by atoms with Crippen molar-refractivity contribution < 1.29 is 14.4 Å². The lowest BCUT2D eigenvalue weighted by molar-refractivity contribution is -0.138. The van der Waals surface area contributed by atoms with Gasteiger partial charge in [0.2, 0.25) is 17.7 Å². The molecule has 1 fully saturated rings. The summed E-state index contributed by atoms with van der Waals surface area (Å²) in [6.45, 7) is 2.02. The molecule has 3 amide bonds. The van der Waals surface area contributed by atoms with Crippen LogP contribution in [0.2, 0.25) is 0 Å². The largest absolute Gasteiger partial charge is 0.352 e. The molecule has 1 atom stereocenters. The van der Waals surface area contributed by atoms with Crippen molar-refractivity contribution in [2.45, 2.75) is 25.3 Å². The maximum absolute atomic E-state index is 12.2. The van der Waals surface area contributed by atoms with Crippen LogP contribution < -0.4 is 11.1 Å². The van der Waals surface area contributed by atoms with Gasteiger partial charge in [0, 0.05) is 25.9 Å². The molecule has 0 bridgehead atoms. The maximum atomic E-state index is 12.2. The summed E-state index contributed by atoms with van der Waals surface area (Å²) in [4.78, 5) is 36.2. The minimum absolute atomic E-state index is 0.187. The number of carbonyl (C=O) groups excluding carboxylic acids is 3. The van der Waals surface area contributed by atoms with Crippen LogP contribution in [-0.2, 0) is 19.9 Å². The second-order valence-corrected chi connectivity index (χ2v) is 5.26. The number of hydrogen-bond donors (Lipinski definition) is 2. The van der Waals surface area contributed by atoms with Gasteiger partial charge in [-0.1, -0.05) is 30.3 Å². The molecule has 0 saturated carbocycles. The van der Waals surface area contributed by atoms with Crippen LogP contribution in [0.25, 0.3) is 0 Å². The first-order valence-corrected chi connectivity index (χ1v) is 6.89. The first-order chi connectivity index (χ1) is 9.93. The summed E-state index contributed by atoms with van der Waals surface area (Å²) < 4.78 is 0. The van der Waals surface area contributed by atoms with Gasteiger partial charge in [-0.05, 0) is 12.5 Å². The van der Waals surface area contributed by atoms with Crippen LogP contribution in [0.1, 0.15) is 25.3 Å². The van der Waals surface area contributed by atoms with Crippen molar-refractivity contribution in [3.63, 3.8) is 0 Å². The molecular formula is C15H19N3O3. The summed E-state index contributed by atoms with van der Waals surface area (Å²) in [5, 5.41) is 2.68. The lowest BCUT2D eigenvalue weighted by Crippen LogP contribution is -2.50. The molecule has 2 rings (SSSR count). The SMILES string of the molecule is CC(N)(C(=O)NCCN1C(=O)CCC1=O)c1ccccc1. The second kappa shape index (κ2) is 6.05. The Labute approximate surface area is 123 Å². The highest BCUT2D eigenvalue weighted by atomic mass is 16.2. The molecular weight excluding hydrogens is 270 g/mol. The minimum Gasteiger partial charge on any atom is -0.352 e. The van der Waals surface area contributed by atoms with E-state index in [4.69, 9.17) is 5.73 Å². The third-order valence-electron chi connectivity index (χ3n) is 3.62. The Balaban J connectivity index is 1.90. The van der Waals surface area contributed by atoms with Crippen LogP contribution in [-0.4, -0.2) is 35.7 Å². The molecule has 112 valence electrons. The molecule has 21 heavy (non-hydrogen) atoms. The first kappa shape index (κ1) is 15.2. The summed E-state index contributed by atoms with van der Waals surface area (Å²) in [7, 11) is 0. The van der Waals surface area contributed by atoms with Gasteiger partial charge >= 0.3 is 0 Å². The highest BCUT2D eigenvalue weighted by Gasteiger charge is 2.31. The Morgan fingerprint density at radius 1 is 1.24 bits per heavy atom. The maximum Gasteiger partial charge on any atom is 0.244 e. The van der Waals surface area contributed by atoms with E-state index >= 15 is 0 Å². The van der Waals surface area contributed by atoms with E-state index in [1.807, 2.05) is 18.2 Å². The molecule has 0 aliphatic carbocycles. The molecule has 1 saturated heterocycles. The van der Waals surface area contributed by atoms with E-state index in [1.54, 1.807) is 19.1 Å². The summed E-state index contributed by atoms with van der Waals surface area (Å²) in [6, 6.07) is 9.05. The van der Waals surface area contributed by atoms with E-state index in [0.717, 1.165) is 0 Å². The predicted molar refractivity (Wildman–Crippen MR) is 76.9 cm³/mol. The van der Waals surface area contributed by atoms with Gasteiger partial charge < -0.3 is 11.1 Å². The van der Waals surface area contributed by atoms with E-state index in [-0.39, 0.29) is 43.7 Å². The van der Waals surface area contributed by atoms with Crippen molar-refractivity contribution in [1.29, 1.82) is 0 Å². The first-order valence-electron chi connectivity index (χ1n) is 6.89. The number of imide groups is 1. The summed E-state index contributed by atoms with van der Waals surface area (Å²) in [6.07, 6.45) is 0.511. The molecule has 3 N–H and O–H groups in total. The zero-order valence-electron chi connectivity index (χ0n) is 12.0. The van der Waals surface area contributed by atoms with E-state index in [1.165, 1.54) is 4.90 Å². The highest BCUT2D eigenvalue weighted by Crippen LogP contribution is 2.17. The van der Waals surface area contributed by atoms with E-state index in [2.05, 4.69) is 5.32 Å². The normalized spacial score (nSPS) is 17.7. The number of carbonyl (C=O) groups is 3. The predicted octanol–water partition coefficient (Wildman–Crippen LogP) is 0.126. The number of hydrogen-bond acceptors (Lipinski definition) is 4. The van der Waals surface area contributed by atoms with Gasteiger partial charge in [-0.15, -0.1) is 0 Å². The molecule has 6 nitrogen and oxygen atoms in total. The zero-order chi connectivity index (χ0) is 15.5. The lowest BCUT2D eigenvalue weighted by Gasteiger charge is -2.24. The molecule has 6 heteroatoms. The summed E-state index contributed by atoms with van der Waals surface area (Å²) in [5.41, 5.74) is 5.62. The Hall–Kier alpha value is -2.21. The van der Waals surface area contributed by atoms with Crippen molar-refractivity contribution in [2.75, 3.05) is 13.1 Å². The van der Waals surface area contributed by atoms with Crippen LogP contribution in [0.5, 0.6) is 0 Å². The van der Waals surface area contributed by atoms with Gasteiger partial charge in [0.25, 0.3) is 0 Å². The highest BCUT2D eigenvalue weighted by molar-refractivity contribution is 6.01. The topological polar surface area (TPSA) is 92.5 Å². The molecule has 1 aliphatic rings. The van der Waals surface area contributed by atoms with Crippen LogP contribution >= 0.6 is 0 Å². The fourth-order valence-electron chi connectivity index (χ4n) is 2.25. The van der Waals surface area contributed by atoms with E-state index in [9.17, 15) is 14.4 Å². The third-order valence-corrected chi connectivity index (χ3v) is 3.62. The Morgan fingerprint density at radius 2 is 1.81 bits per heavy atom. The van der Waals surface area contributed by atoms with Crippen molar-refractivity contribution in [3.8, 4) is 0 Å². The smallest absolute Gasteiger partial charge is 0.244 e. The second-order valence-electron chi connectivity index (χ2n) is 5.26. The number of amides is 3. The lowest BCUT2D eigenvalue weighted by atomic mass is 9.92. The van der Waals surface area contributed by atoms with Crippen LogP contribution in [0.3, 0.4) is 0 Å². The number of nitrogens with two attached hydrogens (primary N) is 1. The van der Waals surface area contributed by atoms with E-state index < -0.39 is 5.54 Å². The Kier molecular flexibility index (Phi) is 4.37. The number of rotatable bonds is 5. The average molecular weight is 289 g/mol. The third kappa shape index (κ3) is 3.28. The van der Waals surface area contributed by atoms with Crippen molar-refractivity contribution in [3.05, 3.63) is 35.9 Å². The molecule has 1 heterocycles. The fourth-order valence-corrected chi connectivity index (χ4v) is 2.25. The van der Waals surface area contributed by atoms with Gasteiger partial charge in [0.15, 0.2) is 0 Å². The number of likely N-dealkylation sites (tertiary alicyclic amines) is 1. The monoisotopic (exact) mass is 289 g/mol. The Bertz CT molecular complexity index is 539. The molecule has 0 radical (unpaired) electrons. The minimum atomic E-state index is -1.15. The van der Waals surface area contributed by atoms with Gasteiger partial charge in [-0.25, -0.2) is 0 Å². The molecule has 0 aromatic heterocycles. The molecule has 0 spiro atoms. The summed E-state index contributed by atoms with van der Waals surface area (Å²) >= 11 is 0. The van der Waals surface area contributed by atoms with Gasteiger partial charge in [0.05, 0.1) is 0 Å². The Morgan fingerprint density at radius 3 is 2.38 bits per heavy atom. The number of nitrogens with one attached hydrogen (secondary N) is 1. The number of benzene rings is 1. The van der Waals surface area contributed by atoms with Crippen LogP contribution in [0.4, 0.5) is 0 Å².